The van der Waals surface area contributed by atoms with Gasteiger partial charge in [0.05, 0.1) is 7.11 Å². The molecule has 0 fully saturated rings. The van der Waals surface area contributed by atoms with E-state index in [1.54, 1.807) is 11.7 Å². The van der Waals surface area contributed by atoms with E-state index >= 15 is 0 Å². The molecule has 0 aliphatic carbocycles. The van der Waals surface area contributed by atoms with E-state index in [0.29, 0.717) is 11.7 Å². The highest BCUT2D eigenvalue weighted by molar-refractivity contribution is 7.99. The second-order valence-corrected chi connectivity index (χ2v) is 6.06. The molecule has 0 aliphatic rings. The molecule has 114 valence electrons. The second kappa shape index (κ2) is 6.82. The molecule has 1 aromatic heterocycles. The summed E-state index contributed by atoms with van der Waals surface area (Å²) in [7, 11) is 1.63. The van der Waals surface area contributed by atoms with Gasteiger partial charge in [-0.05, 0) is 31.5 Å². The molecule has 2 rings (SSSR count). The van der Waals surface area contributed by atoms with Crippen molar-refractivity contribution in [2.45, 2.75) is 30.3 Å². The van der Waals surface area contributed by atoms with Crippen molar-refractivity contribution in [1.82, 2.24) is 14.8 Å². The van der Waals surface area contributed by atoms with Gasteiger partial charge in [0.25, 0.3) is 0 Å². The Morgan fingerprint density at radius 2 is 2.24 bits per heavy atom. The zero-order valence-electron chi connectivity index (χ0n) is 12.4. The minimum absolute atomic E-state index is 0.00722. The van der Waals surface area contributed by atoms with E-state index in [1.165, 1.54) is 11.8 Å². The SMILES string of the molecule is COc1cccc(C(CN)Sc2n[nH]c(=O)n2C(C)C)c1. The van der Waals surface area contributed by atoms with E-state index in [-0.39, 0.29) is 17.0 Å². The maximum absolute atomic E-state index is 11.8. The van der Waals surface area contributed by atoms with Gasteiger partial charge < -0.3 is 10.5 Å². The highest BCUT2D eigenvalue weighted by Crippen LogP contribution is 2.34. The van der Waals surface area contributed by atoms with Gasteiger partial charge in [0, 0.05) is 17.8 Å². The Morgan fingerprint density at radius 3 is 2.86 bits per heavy atom. The molecule has 0 spiro atoms. The average molecular weight is 308 g/mol. The zero-order chi connectivity index (χ0) is 15.4. The minimum atomic E-state index is -0.200. The first-order valence-corrected chi connectivity index (χ1v) is 7.62. The van der Waals surface area contributed by atoms with E-state index < -0.39 is 0 Å². The molecule has 0 radical (unpaired) electrons. The number of aromatic nitrogens is 3. The zero-order valence-corrected chi connectivity index (χ0v) is 13.2. The van der Waals surface area contributed by atoms with Gasteiger partial charge in [-0.1, -0.05) is 23.9 Å². The fraction of sp³-hybridized carbons (Fsp3) is 0.429. The van der Waals surface area contributed by atoms with Crippen LogP contribution in [0.15, 0.2) is 34.2 Å². The molecular weight excluding hydrogens is 288 g/mol. The van der Waals surface area contributed by atoms with Crippen LogP contribution in [0.25, 0.3) is 0 Å². The van der Waals surface area contributed by atoms with Crippen LogP contribution in [-0.4, -0.2) is 28.4 Å². The average Bonchev–Trinajstić information content (AvgIpc) is 2.85. The lowest BCUT2D eigenvalue weighted by Crippen LogP contribution is -2.20. The molecule has 3 N–H and O–H groups in total. The number of nitrogens with one attached hydrogen (secondary N) is 1. The van der Waals surface area contributed by atoms with Crippen LogP contribution >= 0.6 is 11.8 Å². The summed E-state index contributed by atoms with van der Waals surface area (Å²) < 4.78 is 6.87. The summed E-state index contributed by atoms with van der Waals surface area (Å²) in [6.07, 6.45) is 0. The van der Waals surface area contributed by atoms with Crippen molar-refractivity contribution in [2.75, 3.05) is 13.7 Å². The van der Waals surface area contributed by atoms with Crippen molar-refractivity contribution in [3.63, 3.8) is 0 Å². The molecule has 0 amide bonds. The number of thioether (sulfide) groups is 1. The number of nitrogens with two attached hydrogens (primary N) is 1. The van der Waals surface area contributed by atoms with Gasteiger partial charge in [-0.25, -0.2) is 9.89 Å². The van der Waals surface area contributed by atoms with Crippen LogP contribution in [0, 0.1) is 0 Å². The van der Waals surface area contributed by atoms with Crippen molar-refractivity contribution in [1.29, 1.82) is 0 Å². The van der Waals surface area contributed by atoms with Crippen LogP contribution in [0.1, 0.15) is 30.7 Å². The van der Waals surface area contributed by atoms with Gasteiger partial charge in [0.1, 0.15) is 5.75 Å². The van der Waals surface area contributed by atoms with Crippen molar-refractivity contribution in [2.24, 2.45) is 5.73 Å². The molecule has 0 aliphatic heterocycles. The molecule has 6 nitrogen and oxygen atoms in total. The molecule has 1 aromatic carbocycles. The van der Waals surface area contributed by atoms with Gasteiger partial charge in [-0.3, -0.25) is 4.57 Å². The van der Waals surface area contributed by atoms with Crippen molar-refractivity contribution >= 4 is 11.8 Å². The number of hydrogen-bond acceptors (Lipinski definition) is 5. The molecule has 1 unspecified atom stereocenters. The molecule has 1 heterocycles. The predicted molar refractivity (Wildman–Crippen MR) is 83.9 cm³/mol. The summed E-state index contributed by atoms with van der Waals surface area (Å²) in [6.45, 7) is 4.34. The van der Waals surface area contributed by atoms with Gasteiger partial charge in [-0.15, -0.1) is 5.10 Å². The van der Waals surface area contributed by atoms with E-state index in [0.717, 1.165) is 11.3 Å². The lowest BCUT2D eigenvalue weighted by Gasteiger charge is -2.16. The number of ether oxygens (including phenoxy) is 1. The third-order valence-electron chi connectivity index (χ3n) is 3.12. The van der Waals surface area contributed by atoms with Crippen molar-refractivity contribution in [3.05, 3.63) is 40.3 Å². The fourth-order valence-corrected chi connectivity index (χ4v) is 3.19. The third kappa shape index (κ3) is 3.48. The summed E-state index contributed by atoms with van der Waals surface area (Å²) in [4.78, 5) is 11.8. The lowest BCUT2D eigenvalue weighted by molar-refractivity contribution is 0.414. The van der Waals surface area contributed by atoms with Crippen LogP contribution in [0.3, 0.4) is 0 Å². The third-order valence-corrected chi connectivity index (χ3v) is 4.36. The predicted octanol–water partition coefficient (Wildman–Crippen LogP) is 1.95. The van der Waals surface area contributed by atoms with Gasteiger partial charge in [-0.2, -0.15) is 0 Å². The number of hydrogen-bond donors (Lipinski definition) is 2. The Balaban J connectivity index is 2.29. The Morgan fingerprint density at radius 1 is 1.48 bits per heavy atom. The Labute approximate surface area is 127 Å². The Bertz CT molecular complexity index is 650. The van der Waals surface area contributed by atoms with E-state index in [2.05, 4.69) is 10.2 Å². The molecular formula is C14H20N4O2S. The summed E-state index contributed by atoms with van der Waals surface area (Å²) >= 11 is 1.48. The second-order valence-electron chi connectivity index (χ2n) is 4.89. The quantitative estimate of drug-likeness (QED) is 0.797. The van der Waals surface area contributed by atoms with Gasteiger partial charge >= 0.3 is 5.69 Å². The van der Waals surface area contributed by atoms with Crippen molar-refractivity contribution < 1.29 is 4.74 Å². The Hall–Kier alpha value is -1.73. The smallest absolute Gasteiger partial charge is 0.344 e. The topological polar surface area (TPSA) is 85.9 Å². The van der Waals surface area contributed by atoms with Crippen molar-refractivity contribution in [3.8, 4) is 5.75 Å². The van der Waals surface area contributed by atoms with E-state index in [1.807, 2.05) is 38.1 Å². The summed E-state index contributed by atoms with van der Waals surface area (Å²) in [5.41, 5.74) is 6.74. The number of benzene rings is 1. The van der Waals surface area contributed by atoms with Gasteiger partial charge in [0.2, 0.25) is 0 Å². The summed E-state index contributed by atoms with van der Waals surface area (Å²) in [6, 6.07) is 7.81. The molecule has 2 aromatic rings. The van der Waals surface area contributed by atoms with Crippen LogP contribution in [0.2, 0.25) is 0 Å². The maximum atomic E-state index is 11.8. The first kappa shape index (κ1) is 15.7. The van der Waals surface area contributed by atoms with Crippen LogP contribution < -0.4 is 16.2 Å². The fourth-order valence-electron chi connectivity index (χ4n) is 2.05. The number of nitrogens with zero attached hydrogens (tertiary/aromatic N) is 2. The summed E-state index contributed by atoms with van der Waals surface area (Å²) in [5.74, 6) is 0.787. The number of methoxy groups -OCH3 is 1. The number of rotatable bonds is 6. The number of aromatic amines is 1. The summed E-state index contributed by atoms with van der Waals surface area (Å²) in [5, 5.41) is 7.24. The molecule has 7 heteroatoms. The first-order chi connectivity index (χ1) is 10.1. The minimum Gasteiger partial charge on any atom is -0.497 e. The van der Waals surface area contributed by atoms with Crippen LogP contribution in [0.5, 0.6) is 5.75 Å². The van der Waals surface area contributed by atoms with E-state index in [9.17, 15) is 4.79 Å². The molecule has 1 atom stereocenters. The van der Waals surface area contributed by atoms with Crippen LogP contribution in [0.4, 0.5) is 0 Å². The van der Waals surface area contributed by atoms with E-state index in [4.69, 9.17) is 10.5 Å². The van der Waals surface area contributed by atoms with Gasteiger partial charge in [0.15, 0.2) is 5.16 Å². The molecule has 0 bridgehead atoms. The molecule has 0 saturated carbocycles. The molecule has 0 saturated heterocycles. The largest absolute Gasteiger partial charge is 0.497 e. The monoisotopic (exact) mass is 308 g/mol. The lowest BCUT2D eigenvalue weighted by atomic mass is 10.1. The first-order valence-electron chi connectivity index (χ1n) is 6.74. The normalized spacial score (nSPS) is 12.6. The Kier molecular flexibility index (Phi) is 5.08. The standard InChI is InChI=1S/C14H20N4O2S/c1-9(2)18-13(19)16-17-14(18)21-12(8-15)10-5-4-6-11(7-10)20-3/h4-7,9,12H,8,15H2,1-3H3,(H,16,19). The highest BCUT2D eigenvalue weighted by Gasteiger charge is 2.18. The highest BCUT2D eigenvalue weighted by atomic mass is 32.2. The number of H-pyrrole nitrogens is 1. The molecule has 21 heavy (non-hydrogen) atoms. The van der Waals surface area contributed by atoms with Crippen LogP contribution in [-0.2, 0) is 0 Å². The maximum Gasteiger partial charge on any atom is 0.344 e.